The zero-order chi connectivity index (χ0) is 16.1. The van der Waals surface area contributed by atoms with E-state index in [0.29, 0.717) is 12.2 Å². The highest BCUT2D eigenvalue weighted by Gasteiger charge is 2.06. The van der Waals surface area contributed by atoms with Gasteiger partial charge in [0.1, 0.15) is 0 Å². The second-order valence-electron chi connectivity index (χ2n) is 5.18. The first-order chi connectivity index (χ1) is 11.2. The van der Waals surface area contributed by atoms with Crippen molar-refractivity contribution in [3.05, 3.63) is 72.3 Å². The molecule has 6 heteroatoms. The number of benzene rings is 1. The Labute approximate surface area is 134 Å². The molecule has 0 unspecified atom stereocenters. The fourth-order valence-corrected chi connectivity index (χ4v) is 2.18. The van der Waals surface area contributed by atoms with Crippen LogP contribution in [0.2, 0.25) is 0 Å². The standard InChI is InChI=1S/C17H17N5O/c1-13-9-18-8-7-16(13)21-17(23)20-15-10-19-22(12-15)11-14-5-3-2-4-6-14/h2-10,12H,11H2,1H3,(H2,18,20,21,23). The van der Waals surface area contributed by atoms with Crippen molar-refractivity contribution >= 4 is 17.4 Å². The molecular formula is C17H17N5O. The van der Waals surface area contributed by atoms with Crippen molar-refractivity contribution in [3.8, 4) is 0 Å². The van der Waals surface area contributed by atoms with E-state index >= 15 is 0 Å². The molecule has 23 heavy (non-hydrogen) atoms. The van der Waals surface area contributed by atoms with Gasteiger partial charge in [0, 0.05) is 24.3 Å². The number of carbonyl (C=O) groups excluding carboxylic acids is 1. The lowest BCUT2D eigenvalue weighted by atomic mass is 10.2. The van der Waals surface area contributed by atoms with E-state index in [2.05, 4.69) is 20.7 Å². The molecule has 0 aliphatic carbocycles. The Bertz CT molecular complexity index is 798. The lowest BCUT2D eigenvalue weighted by Gasteiger charge is -2.07. The monoisotopic (exact) mass is 307 g/mol. The topological polar surface area (TPSA) is 71.8 Å². The molecule has 2 heterocycles. The van der Waals surface area contributed by atoms with Crippen LogP contribution in [0.1, 0.15) is 11.1 Å². The third kappa shape index (κ3) is 3.94. The van der Waals surface area contributed by atoms with Crippen molar-refractivity contribution in [1.29, 1.82) is 0 Å². The zero-order valence-corrected chi connectivity index (χ0v) is 12.7. The van der Waals surface area contributed by atoms with Crippen LogP contribution in [0.3, 0.4) is 0 Å². The van der Waals surface area contributed by atoms with Gasteiger partial charge in [-0.15, -0.1) is 0 Å². The number of aryl methyl sites for hydroxylation is 1. The maximum absolute atomic E-state index is 12.0. The second kappa shape index (κ2) is 6.74. The Balaban J connectivity index is 1.60. The molecule has 3 rings (SSSR count). The summed E-state index contributed by atoms with van der Waals surface area (Å²) in [6.45, 7) is 2.55. The summed E-state index contributed by atoms with van der Waals surface area (Å²) in [5, 5.41) is 9.81. The van der Waals surface area contributed by atoms with Gasteiger partial charge in [-0.3, -0.25) is 9.67 Å². The van der Waals surface area contributed by atoms with E-state index in [1.54, 1.807) is 35.5 Å². The third-order valence-corrected chi connectivity index (χ3v) is 3.35. The number of aromatic nitrogens is 3. The molecule has 0 saturated carbocycles. The molecule has 0 atom stereocenters. The van der Waals surface area contributed by atoms with E-state index in [1.165, 1.54) is 0 Å². The molecule has 0 saturated heterocycles. The number of carbonyl (C=O) groups is 1. The predicted molar refractivity (Wildman–Crippen MR) is 89.4 cm³/mol. The Hall–Kier alpha value is -3.15. The Morgan fingerprint density at radius 1 is 1.13 bits per heavy atom. The molecule has 0 aliphatic rings. The third-order valence-electron chi connectivity index (χ3n) is 3.35. The van der Waals surface area contributed by atoms with Gasteiger partial charge in [0.05, 0.1) is 18.4 Å². The summed E-state index contributed by atoms with van der Waals surface area (Å²) in [5.74, 6) is 0. The van der Waals surface area contributed by atoms with Gasteiger partial charge >= 0.3 is 6.03 Å². The number of anilines is 2. The lowest BCUT2D eigenvalue weighted by molar-refractivity contribution is 0.262. The molecule has 0 radical (unpaired) electrons. The van der Waals surface area contributed by atoms with Crippen LogP contribution in [0.15, 0.2) is 61.2 Å². The van der Waals surface area contributed by atoms with Gasteiger partial charge in [0.2, 0.25) is 0 Å². The molecule has 3 aromatic rings. The fourth-order valence-electron chi connectivity index (χ4n) is 2.18. The average Bonchev–Trinajstić information content (AvgIpc) is 2.97. The van der Waals surface area contributed by atoms with Gasteiger partial charge in [-0.1, -0.05) is 30.3 Å². The van der Waals surface area contributed by atoms with Gasteiger partial charge in [-0.05, 0) is 24.1 Å². The average molecular weight is 307 g/mol. The Kier molecular flexibility index (Phi) is 4.33. The van der Waals surface area contributed by atoms with Crippen LogP contribution in [0.4, 0.5) is 16.2 Å². The zero-order valence-electron chi connectivity index (χ0n) is 12.7. The van der Waals surface area contributed by atoms with Gasteiger partial charge in [-0.25, -0.2) is 4.79 Å². The van der Waals surface area contributed by atoms with E-state index in [1.807, 2.05) is 37.3 Å². The van der Waals surface area contributed by atoms with Crippen molar-refractivity contribution in [1.82, 2.24) is 14.8 Å². The van der Waals surface area contributed by atoms with E-state index in [9.17, 15) is 4.79 Å². The Morgan fingerprint density at radius 3 is 2.74 bits per heavy atom. The van der Waals surface area contributed by atoms with E-state index in [0.717, 1.165) is 16.8 Å². The molecule has 0 aliphatic heterocycles. The molecule has 2 N–H and O–H groups in total. The minimum absolute atomic E-state index is 0.307. The molecule has 116 valence electrons. The van der Waals surface area contributed by atoms with Gasteiger partial charge in [-0.2, -0.15) is 5.10 Å². The summed E-state index contributed by atoms with van der Waals surface area (Å²) in [6.07, 6.45) is 6.77. The van der Waals surface area contributed by atoms with Crippen LogP contribution in [-0.2, 0) is 6.54 Å². The highest BCUT2D eigenvalue weighted by Crippen LogP contribution is 2.13. The van der Waals surface area contributed by atoms with Crippen molar-refractivity contribution < 1.29 is 4.79 Å². The number of pyridine rings is 1. The van der Waals surface area contributed by atoms with Gasteiger partial charge in [0.25, 0.3) is 0 Å². The van der Waals surface area contributed by atoms with Crippen molar-refractivity contribution in [2.75, 3.05) is 10.6 Å². The number of urea groups is 1. The SMILES string of the molecule is Cc1cnccc1NC(=O)Nc1cnn(Cc2ccccc2)c1. The number of hydrogen-bond acceptors (Lipinski definition) is 3. The van der Waals surface area contributed by atoms with Crippen LogP contribution in [0, 0.1) is 6.92 Å². The number of nitrogens with zero attached hydrogens (tertiary/aromatic N) is 3. The van der Waals surface area contributed by atoms with Crippen LogP contribution in [-0.4, -0.2) is 20.8 Å². The summed E-state index contributed by atoms with van der Waals surface area (Å²) in [5.41, 5.74) is 3.43. The molecule has 0 bridgehead atoms. The molecular weight excluding hydrogens is 290 g/mol. The predicted octanol–water partition coefficient (Wildman–Crippen LogP) is 3.28. The largest absolute Gasteiger partial charge is 0.323 e. The quantitative estimate of drug-likeness (QED) is 0.777. The van der Waals surface area contributed by atoms with E-state index in [4.69, 9.17) is 0 Å². The molecule has 0 spiro atoms. The second-order valence-corrected chi connectivity index (χ2v) is 5.18. The van der Waals surface area contributed by atoms with Crippen molar-refractivity contribution in [2.24, 2.45) is 0 Å². The molecule has 1 aromatic carbocycles. The summed E-state index contributed by atoms with van der Waals surface area (Å²) < 4.78 is 1.78. The first kappa shape index (κ1) is 14.8. The van der Waals surface area contributed by atoms with E-state index in [-0.39, 0.29) is 6.03 Å². The highest BCUT2D eigenvalue weighted by atomic mass is 16.2. The number of nitrogens with one attached hydrogen (secondary N) is 2. The van der Waals surface area contributed by atoms with Crippen LogP contribution in [0.5, 0.6) is 0 Å². The summed E-state index contributed by atoms with van der Waals surface area (Å²) in [6, 6.07) is 11.5. The number of amides is 2. The number of rotatable bonds is 4. The molecule has 2 amide bonds. The maximum Gasteiger partial charge on any atom is 0.323 e. The Morgan fingerprint density at radius 2 is 1.96 bits per heavy atom. The molecule has 2 aromatic heterocycles. The van der Waals surface area contributed by atoms with Gasteiger partial charge in [0.15, 0.2) is 0 Å². The lowest BCUT2D eigenvalue weighted by Crippen LogP contribution is -2.19. The fraction of sp³-hybridized carbons (Fsp3) is 0.118. The minimum Gasteiger partial charge on any atom is -0.307 e. The maximum atomic E-state index is 12.0. The highest BCUT2D eigenvalue weighted by molar-refractivity contribution is 5.99. The molecule has 0 fully saturated rings. The summed E-state index contributed by atoms with van der Waals surface area (Å²) in [4.78, 5) is 16.0. The number of hydrogen-bond donors (Lipinski definition) is 2. The summed E-state index contributed by atoms with van der Waals surface area (Å²) in [7, 11) is 0. The van der Waals surface area contributed by atoms with Gasteiger partial charge < -0.3 is 10.6 Å². The van der Waals surface area contributed by atoms with Crippen molar-refractivity contribution in [2.45, 2.75) is 13.5 Å². The van der Waals surface area contributed by atoms with E-state index < -0.39 is 0 Å². The van der Waals surface area contributed by atoms with Crippen LogP contribution < -0.4 is 10.6 Å². The first-order valence-electron chi connectivity index (χ1n) is 7.26. The molecule has 6 nitrogen and oxygen atoms in total. The minimum atomic E-state index is -0.307. The first-order valence-corrected chi connectivity index (χ1v) is 7.26. The smallest absolute Gasteiger partial charge is 0.307 e. The van der Waals surface area contributed by atoms with Crippen LogP contribution >= 0.6 is 0 Å². The normalized spacial score (nSPS) is 10.3. The van der Waals surface area contributed by atoms with Crippen LogP contribution in [0.25, 0.3) is 0 Å². The summed E-state index contributed by atoms with van der Waals surface area (Å²) >= 11 is 0. The van der Waals surface area contributed by atoms with Crippen molar-refractivity contribution in [3.63, 3.8) is 0 Å².